The molecule has 0 bridgehead atoms. The van der Waals surface area contributed by atoms with E-state index >= 15 is 0 Å². The lowest BCUT2D eigenvalue weighted by atomic mass is 10.2. The molecule has 2 heterocycles. The maximum Gasteiger partial charge on any atom is 0.360 e. The van der Waals surface area contributed by atoms with Gasteiger partial charge >= 0.3 is 5.97 Å². The first-order valence-corrected chi connectivity index (χ1v) is 5.85. The number of rotatable bonds is 2. The van der Waals surface area contributed by atoms with Crippen LogP contribution in [0.2, 0.25) is 0 Å². The second-order valence-corrected chi connectivity index (χ2v) is 4.03. The van der Waals surface area contributed by atoms with E-state index in [0.717, 1.165) is 0 Å². The standard InChI is InChI=1S/C12H12N4O3/c1-2-18-12(17)11-9-6-19-10-4-3-7(13)5-8(10)16(9)15-14-11/h3-5H,2,6,13H2,1H3. The minimum Gasteiger partial charge on any atom is -0.485 e. The fourth-order valence-electron chi connectivity index (χ4n) is 1.95. The monoisotopic (exact) mass is 260 g/mol. The van der Waals surface area contributed by atoms with Crippen LogP contribution in [0.4, 0.5) is 5.69 Å². The van der Waals surface area contributed by atoms with Gasteiger partial charge in [0.15, 0.2) is 5.69 Å². The summed E-state index contributed by atoms with van der Waals surface area (Å²) in [5, 5.41) is 7.84. The van der Waals surface area contributed by atoms with Crippen molar-refractivity contribution in [3.8, 4) is 11.4 Å². The first-order chi connectivity index (χ1) is 9.20. The highest BCUT2D eigenvalue weighted by Crippen LogP contribution is 2.31. The second-order valence-electron chi connectivity index (χ2n) is 4.03. The number of nitrogens with two attached hydrogens (primary N) is 1. The molecule has 0 aliphatic carbocycles. The minimum atomic E-state index is -0.500. The number of carbonyl (C=O) groups is 1. The zero-order valence-electron chi connectivity index (χ0n) is 10.3. The fraction of sp³-hybridized carbons (Fsp3) is 0.250. The van der Waals surface area contributed by atoms with Crippen molar-refractivity contribution in [2.75, 3.05) is 12.3 Å². The highest BCUT2D eigenvalue weighted by molar-refractivity contribution is 5.88. The quantitative estimate of drug-likeness (QED) is 0.637. The van der Waals surface area contributed by atoms with Crippen LogP contribution in [-0.4, -0.2) is 27.6 Å². The zero-order chi connectivity index (χ0) is 13.4. The van der Waals surface area contributed by atoms with Gasteiger partial charge in [-0.05, 0) is 25.1 Å². The van der Waals surface area contributed by atoms with E-state index in [-0.39, 0.29) is 18.9 Å². The zero-order valence-corrected chi connectivity index (χ0v) is 10.3. The molecule has 0 amide bonds. The van der Waals surface area contributed by atoms with Gasteiger partial charge in [-0.25, -0.2) is 9.48 Å². The predicted octanol–water partition coefficient (Wildman–Crippen LogP) is 0.919. The van der Waals surface area contributed by atoms with Crippen LogP contribution in [0.3, 0.4) is 0 Å². The number of ether oxygens (including phenoxy) is 2. The molecule has 0 spiro atoms. The first-order valence-electron chi connectivity index (χ1n) is 5.85. The van der Waals surface area contributed by atoms with E-state index in [1.54, 1.807) is 29.8 Å². The van der Waals surface area contributed by atoms with Gasteiger partial charge in [-0.15, -0.1) is 5.10 Å². The van der Waals surface area contributed by atoms with Crippen LogP contribution in [0, 0.1) is 0 Å². The number of fused-ring (bicyclic) bond motifs is 3. The van der Waals surface area contributed by atoms with Crippen LogP contribution in [-0.2, 0) is 11.3 Å². The molecule has 2 N–H and O–H groups in total. The van der Waals surface area contributed by atoms with Gasteiger partial charge in [0.2, 0.25) is 0 Å². The Morgan fingerprint density at radius 1 is 1.58 bits per heavy atom. The van der Waals surface area contributed by atoms with Gasteiger partial charge < -0.3 is 15.2 Å². The second kappa shape index (κ2) is 4.27. The third-order valence-electron chi connectivity index (χ3n) is 2.81. The molecule has 98 valence electrons. The van der Waals surface area contributed by atoms with Gasteiger partial charge in [-0.1, -0.05) is 5.21 Å². The lowest BCUT2D eigenvalue weighted by molar-refractivity contribution is 0.0516. The molecule has 2 aromatic rings. The summed E-state index contributed by atoms with van der Waals surface area (Å²) in [6.45, 7) is 2.24. The Morgan fingerprint density at radius 2 is 2.42 bits per heavy atom. The number of esters is 1. The van der Waals surface area contributed by atoms with E-state index in [0.29, 0.717) is 22.8 Å². The lowest BCUT2D eigenvalue weighted by Crippen LogP contribution is -2.17. The molecule has 7 nitrogen and oxygen atoms in total. The van der Waals surface area contributed by atoms with Gasteiger partial charge in [-0.3, -0.25) is 0 Å². The number of aromatic nitrogens is 3. The minimum absolute atomic E-state index is 0.176. The molecule has 3 rings (SSSR count). The highest BCUT2D eigenvalue weighted by Gasteiger charge is 2.27. The molecule has 0 radical (unpaired) electrons. The maximum absolute atomic E-state index is 11.7. The van der Waals surface area contributed by atoms with Crippen LogP contribution in [0.15, 0.2) is 18.2 Å². The third kappa shape index (κ3) is 1.79. The molecular formula is C12H12N4O3. The average Bonchev–Trinajstić information content (AvgIpc) is 2.83. The van der Waals surface area contributed by atoms with Crippen LogP contribution in [0.5, 0.6) is 5.75 Å². The normalized spacial score (nSPS) is 12.3. The van der Waals surface area contributed by atoms with Gasteiger partial charge in [0, 0.05) is 5.69 Å². The molecule has 0 saturated heterocycles. The largest absolute Gasteiger partial charge is 0.485 e. The number of nitrogen functional groups attached to an aromatic ring is 1. The SMILES string of the molecule is CCOC(=O)c1nnn2c1COc1ccc(N)cc1-2. The van der Waals surface area contributed by atoms with Crippen molar-refractivity contribution < 1.29 is 14.3 Å². The first kappa shape index (κ1) is 11.5. The third-order valence-corrected chi connectivity index (χ3v) is 2.81. The van der Waals surface area contributed by atoms with Crippen LogP contribution < -0.4 is 10.5 Å². The van der Waals surface area contributed by atoms with Crippen molar-refractivity contribution >= 4 is 11.7 Å². The van der Waals surface area contributed by atoms with Crippen molar-refractivity contribution in [3.63, 3.8) is 0 Å². The Bertz CT molecular complexity index is 650. The summed E-state index contributed by atoms with van der Waals surface area (Å²) in [5.74, 6) is 0.154. The number of carbonyl (C=O) groups excluding carboxylic acids is 1. The maximum atomic E-state index is 11.7. The fourth-order valence-corrected chi connectivity index (χ4v) is 1.95. The lowest BCUT2D eigenvalue weighted by Gasteiger charge is -2.18. The Kier molecular flexibility index (Phi) is 2.59. The van der Waals surface area contributed by atoms with Crippen molar-refractivity contribution in [3.05, 3.63) is 29.6 Å². The van der Waals surface area contributed by atoms with Gasteiger partial charge in [0.25, 0.3) is 0 Å². The molecule has 1 aromatic carbocycles. The molecule has 0 atom stereocenters. The highest BCUT2D eigenvalue weighted by atomic mass is 16.5. The van der Waals surface area contributed by atoms with E-state index in [4.69, 9.17) is 15.2 Å². The van der Waals surface area contributed by atoms with Crippen molar-refractivity contribution in [1.82, 2.24) is 15.0 Å². The number of hydrogen-bond donors (Lipinski definition) is 1. The molecule has 7 heteroatoms. The Hall–Kier alpha value is -2.57. The number of benzene rings is 1. The molecule has 0 unspecified atom stereocenters. The summed E-state index contributed by atoms with van der Waals surface area (Å²) >= 11 is 0. The summed E-state index contributed by atoms with van der Waals surface area (Å²) in [5.41, 5.74) is 7.74. The van der Waals surface area contributed by atoms with E-state index in [9.17, 15) is 4.79 Å². The van der Waals surface area contributed by atoms with Gasteiger partial charge in [0.05, 0.1) is 6.61 Å². The Morgan fingerprint density at radius 3 is 3.21 bits per heavy atom. The molecule has 0 fully saturated rings. The summed E-state index contributed by atoms with van der Waals surface area (Å²) in [4.78, 5) is 11.7. The predicted molar refractivity (Wildman–Crippen MR) is 66.1 cm³/mol. The van der Waals surface area contributed by atoms with Gasteiger partial charge in [0.1, 0.15) is 23.7 Å². The Labute approximate surface area is 108 Å². The van der Waals surface area contributed by atoms with E-state index in [2.05, 4.69) is 10.3 Å². The summed E-state index contributed by atoms with van der Waals surface area (Å²) in [6.07, 6.45) is 0. The topological polar surface area (TPSA) is 92.3 Å². The number of nitrogens with zero attached hydrogens (tertiary/aromatic N) is 3. The van der Waals surface area contributed by atoms with Crippen molar-refractivity contribution in [2.24, 2.45) is 0 Å². The molecular weight excluding hydrogens is 248 g/mol. The van der Waals surface area contributed by atoms with Crippen LogP contribution in [0.25, 0.3) is 5.69 Å². The summed E-state index contributed by atoms with van der Waals surface area (Å²) < 4.78 is 12.1. The molecule has 19 heavy (non-hydrogen) atoms. The van der Waals surface area contributed by atoms with Crippen molar-refractivity contribution in [1.29, 1.82) is 0 Å². The smallest absolute Gasteiger partial charge is 0.360 e. The van der Waals surface area contributed by atoms with E-state index < -0.39 is 5.97 Å². The molecule has 1 aromatic heterocycles. The van der Waals surface area contributed by atoms with Crippen LogP contribution >= 0.6 is 0 Å². The number of anilines is 1. The number of hydrogen-bond acceptors (Lipinski definition) is 6. The average molecular weight is 260 g/mol. The summed E-state index contributed by atoms with van der Waals surface area (Å²) in [6, 6.07) is 5.23. The molecule has 0 saturated carbocycles. The molecule has 1 aliphatic heterocycles. The summed E-state index contributed by atoms with van der Waals surface area (Å²) in [7, 11) is 0. The van der Waals surface area contributed by atoms with Crippen molar-refractivity contribution in [2.45, 2.75) is 13.5 Å². The van der Waals surface area contributed by atoms with Crippen LogP contribution in [0.1, 0.15) is 23.1 Å². The Balaban J connectivity index is 2.09. The van der Waals surface area contributed by atoms with Gasteiger partial charge in [-0.2, -0.15) is 0 Å². The van der Waals surface area contributed by atoms with E-state index in [1.165, 1.54) is 0 Å². The van der Waals surface area contributed by atoms with E-state index in [1.807, 2.05) is 0 Å². The molecule has 1 aliphatic rings.